The van der Waals surface area contributed by atoms with Crippen molar-refractivity contribution in [3.05, 3.63) is 140 Å². The summed E-state index contributed by atoms with van der Waals surface area (Å²) in [5.41, 5.74) is 1.09. The molecule has 0 aliphatic carbocycles. The summed E-state index contributed by atoms with van der Waals surface area (Å²) in [4.78, 5) is 69.2. The van der Waals surface area contributed by atoms with E-state index >= 15 is 4.79 Å². The largest absolute Gasteiger partial charge is 0.432 e. The first-order valence-electron chi connectivity index (χ1n) is 18.4. The number of hydrogen-bond acceptors (Lipinski definition) is 9. The Balaban J connectivity index is 1.15. The maximum atomic E-state index is 15.0. The average molecular weight is 760 g/mol. The third kappa shape index (κ3) is 6.05. The maximum absolute atomic E-state index is 15.0. The summed E-state index contributed by atoms with van der Waals surface area (Å²) in [6.45, 7) is 5.43. The van der Waals surface area contributed by atoms with Gasteiger partial charge >= 0.3 is 0 Å². The third-order valence-corrected chi connectivity index (χ3v) is 14.1. The van der Waals surface area contributed by atoms with Gasteiger partial charge in [-0.15, -0.1) is 0 Å². The number of rotatable bonds is 8. The smallest absolute Gasteiger partial charge is 0.279 e. The highest BCUT2D eigenvalue weighted by Crippen LogP contribution is 2.60. The number of ether oxygens (including phenoxy) is 1. The van der Waals surface area contributed by atoms with Gasteiger partial charge in [0.1, 0.15) is 0 Å². The predicted octanol–water partition coefficient (Wildman–Crippen LogP) is 4.97. The molecular formula is C41H41N5O8Si. The van der Waals surface area contributed by atoms with Gasteiger partial charge in [0.15, 0.2) is 13.9 Å². The molecule has 282 valence electrons. The molecule has 0 saturated carbocycles. The van der Waals surface area contributed by atoms with E-state index in [1.54, 1.807) is 60.6 Å². The number of carbonyl (C=O) groups excluding carboxylic acids is 2. The van der Waals surface area contributed by atoms with Crippen LogP contribution in [0.25, 0.3) is 16.5 Å². The number of anilines is 1. The molecule has 5 atom stereocenters. The van der Waals surface area contributed by atoms with Gasteiger partial charge in [-0.1, -0.05) is 61.5 Å². The Morgan fingerprint density at radius 1 is 1.02 bits per heavy atom. The number of non-ortho nitro benzene ring substituents is 1. The fourth-order valence-corrected chi connectivity index (χ4v) is 11.7. The third-order valence-electron chi connectivity index (χ3n) is 11.6. The number of hydrogen-bond donors (Lipinski definition) is 2. The van der Waals surface area contributed by atoms with Crippen molar-refractivity contribution in [3.8, 4) is 5.69 Å². The van der Waals surface area contributed by atoms with Crippen molar-refractivity contribution in [2.45, 2.75) is 69.2 Å². The van der Waals surface area contributed by atoms with Gasteiger partial charge in [0.25, 0.3) is 17.2 Å². The van der Waals surface area contributed by atoms with Crippen molar-refractivity contribution in [1.29, 1.82) is 0 Å². The van der Waals surface area contributed by atoms with Gasteiger partial charge in [-0.05, 0) is 60.5 Å². The van der Waals surface area contributed by atoms with Gasteiger partial charge in [0.05, 0.1) is 59.6 Å². The lowest BCUT2D eigenvalue weighted by Gasteiger charge is -2.37. The van der Waals surface area contributed by atoms with E-state index < -0.39 is 48.4 Å². The van der Waals surface area contributed by atoms with Crippen LogP contribution in [0.5, 0.6) is 0 Å². The number of nitro benzene ring substituents is 1. The van der Waals surface area contributed by atoms with Crippen molar-refractivity contribution in [1.82, 2.24) is 14.7 Å². The van der Waals surface area contributed by atoms with Crippen molar-refractivity contribution >= 4 is 42.3 Å². The summed E-state index contributed by atoms with van der Waals surface area (Å²) in [6.07, 6.45) is 1.07. The van der Waals surface area contributed by atoms with Crippen LogP contribution < -0.4 is 10.5 Å². The zero-order chi connectivity index (χ0) is 38.8. The highest BCUT2D eigenvalue weighted by molar-refractivity contribution is 6.71. The second kappa shape index (κ2) is 13.6. The second-order valence-corrected chi connectivity index (χ2v) is 19.3. The number of amides is 2. The number of aliphatic hydroxyl groups excluding tert-OH is 1. The summed E-state index contributed by atoms with van der Waals surface area (Å²) in [5.74, 6) is -1.40. The second-order valence-electron chi connectivity index (χ2n) is 15.4. The molecule has 4 heterocycles. The summed E-state index contributed by atoms with van der Waals surface area (Å²) >= 11 is 0. The fraction of sp³-hybridized carbons (Fsp3) is 0.317. The van der Waals surface area contributed by atoms with Crippen LogP contribution in [-0.2, 0) is 39.4 Å². The van der Waals surface area contributed by atoms with E-state index in [2.05, 4.69) is 5.10 Å². The first kappa shape index (κ1) is 36.4. The Bertz CT molecular complexity index is 2430. The molecule has 8 rings (SSSR count). The Kier molecular flexibility index (Phi) is 9.03. The van der Waals surface area contributed by atoms with Crippen LogP contribution in [0.3, 0.4) is 0 Å². The van der Waals surface area contributed by atoms with Crippen LogP contribution in [0.2, 0.25) is 18.6 Å². The molecule has 4 aromatic carbocycles. The van der Waals surface area contributed by atoms with E-state index in [9.17, 15) is 29.6 Å². The zero-order valence-corrected chi connectivity index (χ0v) is 31.7. The molecule has 55 heavy (non-hydrogen) atoms. The van der Waals surface area contributed by atoms with Crippen molar-refractivity contribution in [3.63, 3.8) is 0 Å². The number of aromatic nitrogens is 2. The number of carbonyl (C=O) groups is 2. The van der Waals surface area contributed by atoms with Gasteiger partial charge in [0, 0.05) is 41.1 Å². The molecule has 14 heteroatoms. The minimum Gasteiger partial charge on any atom is -0.432 e. The predicted molar refractivity (Wildman–Crippen MR) is 207 cm³/mol. The van der Waals surface area contributed by atoms with Crippen LogP contribution >= 0.6 is 0 Å². The summed E-state index contributed by atoms with van der Waals surface area (Å²) in [6, 6.07) is 25.9. The lowest BCUT2D eigenvalue weighted by molar-refractivity contribution is -0.385. The zero-order valence-electron chi connectivity index (χ0n) is 30.7. The summed E-state index contributed by atoms with van der Waals surface area (Å²) < 4.78 is 8.15. The number of nitrogens with zero attached hydrogens (tertiary/aromatic N) is 5. The molecular weight excluding hydrogens is 719 g/mol. The van der Waals surface area contributed by atoms with Crippen LogP contribution in [0.1, 0.15) is 35.6 Å². The molecule has 0 unspecified atom stereocenters. The van der Waals surface area contributed by atoms with Gasteiger partial charge in [-0.2, -0.15) is 9.78 Å². The van der Waals surface area contributed by atoms with Crippen LogP contribution in [0, 0.1) is 16.0 Å². The standard InChI is InChI=1S/C41H41N5O8Si/c1-25-38(55(2,3)53)36(20-37(48)43-23-29-12-5-4-10-27(29)18-32(43)24-47)54-41(25)34-19-31(46(51)52)15-16-35(34)44(40(41)50)22-26-9-8-13-30(17-26)45-39(49)33-14-7-6-11-28(33)21-42-45/h4-17,19,21,25,32,36,38,47,53H,18,20,22-24H2,1-3H3/t25-,32+,36+,38-,41+/m1/s1. The molecule has 3 aliphatic heterocycles. The van der Waals surface area contributed by atoms with Crippen LogP contribution in [0.15, 0.2) is 102 Å². The molecule has 0 bridgehead atoms. The molecule has 1 aromatic heterocycles. The summed E-state index contributed by atoms with van der Waals surface area (Å²) in [7, 11) is -3.18. The highest BCUT2D eigenvalue weighted by Gasteiger charge is 2.66. The maximum Gasteiger partial charge on any atom is 0.279 e. The molecule has 5 aromatic rings. The number of nitro groups is 1. The monoisotopic (exact) mass is 759 g/mol. The van der Waals surface area contributed by atoms with Gasteiger partial charge in [-0.3, -0.25) is 24.5 Å². The van der Waals surface area contributed by atoms with Gasteiger partial charge in [0.2, 0.25) is 5.91 Å². The molecule has 1 fully saturated rings. The molecule has 2 N–H and O–H groups in total. The van der Waals surface area contributed by atoms with E-state index in [4.69, 9.17) is 4.74 Å². The van der Waals surface area contributed by atoms with Crippen LogP contribution in [-0.4, -0.2) is 68.4 Å². The molecule has 13 nitrogen and oxygen atoms in total. The topological polar surface area (TPSA) is 168 Å². The number of aliphatic hydroxyl groups is 1. The molecule has 2 amide bonds. The lowest BCUT2D eigenvalue weighted by Crippen LogP contribution is -2.48. The lowest BCUT2D eigenvalue weighted by atomic mass is 9.82. The first-order chi connectivity index (χ1) is 26.3. The first-order valence-corrected chi connectivity index (χ1v) is 21.4. The Morgan fingerprint density at radius 3 is 2.51 bits per heavy atom. The van der Waals surface area contributed by atoms with Crippen molar-refractivity contribution in [2.24, 2.45) is 5.92 Å². The molecule has 1 saturated heterocycles. The van der Waals surface area contributed by atoms with E-state index in [0.717, 1.165) is 11.1 Å². The van der Waals surface area contributed by atoms with E-state index in [-0.39, 0.29) is 36.7 Å². The number of fused-ring (bicyclic) bond motifs is 4. The number of benzene rings is 4. The van der Waals surface area contributed by atoms with Gasteiger partial charge in [-0.25, -0.2) is 0 Å². The fourth-order valence-electron chi connectivity index (χ4n) is 9.11. The van der Waals surface area contributed by atoms with E-state index in [0.29, 0.717) is 46.2 Å². The normalized spacial score (nSPS) is 23.3. The minimum atomic E-state index is -3.18. The SMILES string of the molecule is C[C@@H]1[C@@H]([Si](C)(C)O)[C@H](CC(=O)N2Cc3ccccc3C[C@H]2CO)O[C@@]12C(=O)N(Cc1cccc(-n3ncc4ccccc4c3=O)c1)c1ccc([N+](=O)[O-])cc12. The van der Waals surface area contributed by atoms with E-state index in [1.807, 2.05) is 49.4 Å². The molecule has 3 aliphatic rings. The Hall–Kier alpha value is -5.54. The van der Waals surface area contributed by atoms with E-state index in [1.165, 1.54) is 21.7 Å². The molecule has 0 radical (unpaired) electrons. The highest BCUT2D eigenvalue weighted by atomic mass is 28.4. The summed E-state index contributed by atoms with van der Waals surface area (Å²) in [5, 5.41) is 28.0. The Labute approximate surface area is 317 Å². The van der Waals surface area contributed by atoms with Crippen molar-refractivity contribution < 1.29 is 29.2 Å². The Morgan fingerprint density at radius 2 is 1.76 bits per heavy atom. The quantitative estimate of drug-likeness (QED) is 0.126. The van der Waals surface area contributed by atoms with Gasteiger partial charge < -0.3 is 24.4 Å². The molecule has 1 spiro atoms. The van der Waals surface area contributed by atoms with Crippen LogP contribution in [0.4, 0.5) is 11.4 Å². The average Bonchev–Trinajstić information content (AvgIpc) is 3.60. The van der Waals surface area contributed by atoms with Crippen molar-refractivity contribution in [2.75, 3.05) is 11.5 Å². The minimum absolute atomic E-state index is 0.0389.